The molecule has 6 heteroatoms. The lowest BCUT2D eigenvalue weighted by Gasteiger charge is -2.43. The number of ether oxygens (including phenoxy) is 2. The van der Waals surface area contributed by atoms with E-state index >= 15 is 0 Å². The van der Waals surface area contributed by atoms with Crippen LogP contribution in [-0.4, -0.2) is 59.8 Å². The van der Waals surface area contributed by atoms with E-state index in [1.54, 1.807) is 0 Å². The van der Waals surface area contributed by atoms with Gasteiger partial charge in [0, 0.05) is 37.2 Å². The molecule has 5 atom stereocenters. The molecular weight excluding hydrogens is 510 g/mol. The summed E-state index contributed by atoms with van der Waals surface area (Å²) < 4.78 is 13.6. The predicted molar refractivity (Wildman–Crippen MR) is 163 cm³/mol. The number of aliphatic hydroxyl groups is 1. The molecule has 0 aromatic heterocycles. The standard InChI is InChI=1S/C35H45N3O3/c1-25-33(23-38-18-6-11-32(38)22-37-16-2-3-17-37)40-35(41-34(25)28-14-12-26(24-39)13-15-28)31-10-5-9-30(20-31)29-8-4-7-27(19-29)21-36/h4-5,7-10,12-15,19-20,25,32-35,39H,2-3,6,11,16-18,21-24,36H2,1H3/t25-,32-,33+,34+,35+/m0/s1. The number of hydrogen-bond donors (Lipinski definition) is 2. The maximum absolute atomic E-state index is 9.60. The Morgan fingerprint density at radius 3 is 2.32 bits per heavy atom. The van der Waals surface area contributed by atoms with Crippen LogP contribution in [0.3, 0.4) is 0 Å². The van der Waals surface area contributed by atoms with Gasteiger partial charge >= 0.3 is 0 Å². The summed E-state index contributed by atoms with van der Waals surface area (Å²) in [7, 11) is 0. The van der Waals surface area contributed by atoms with Crippen LogP contribution in [0, 0.1) is 5.92 Å². The SMILES string of the molecule is C[C@H]1[C@@H](CN2CCC[C@H]2CN2CCCC2)O[C@@H](c2cccc(-c3cccc(CN)c3)c2)O[C@H]1c1ccc(CO)cc1. The molecule has 0 spiro atoms. The summed E-state index contributed by atoms with van der Waals surface area (Å²) >= 11 is 0. The number of benzene rings is 3. The van der Waals surface area contributed by atoms with Crippen LogP contribution in [0.2, 0.25) is 0 Å². The molecule has 3 fully saturated rings. The maximum atomic E-state index is 9.60. The van der Waals surface area contributed by atoms with E-state index in [-0.39, 0.29) is 24.7 Å². The summed E-state index contributed by atoms with van der Waals surface area (Å²) in [5.41, 5.74) is 12.4. The van der Waals surface area contributed by atoms with E-state index in [2.05, 4.69) is 77.4 Å². The van der Waals surface area contributed by atoms with Crippen LogP contribution in [-0.2, 0) is 22.6 Å². The lowest BCUT2D eigenvalue weighted by atomic mass is 9.89. The number of likely N-dealkylation sites (tertiary alicyclic amines) is 2. The van der Waals surface area contributed by atoms with Gasteiger partial charge in [0.15, 0.2) is 6.29 Å². The third-order valence-corrected chi connectivity index (χ3v) is 9.36. The molecule has 6 nitrogen and oxygen atoms in total. The van der Waals surface area contributed by atoms with E-state index in [0.717, 1.165) is 46.5 Å². The molecule has 3 saturated heterocycles. The van der Waals surface area contributed by atoms with Crippen LogP contribution in [0.1, 0.15) is 67.3 Å². The molecule has 3 heterocycles. The molecule has 3 aliphatic rings. The molecule has 0 amide bonds. The van der Waals surface area contributed by atoms with Crippen molar-refractivity contribution in [2.75, 3.05) is 32.7 Å². The monoisotopic (exact) mass is 555 g/mol. The first-order valence-electron chi connectivity index (χ1n) is 15.5. The molecule has 218 valence electrons. The van der Waals surface area contributed by atoms with E-state index in [4.69, 9.17) is 15.2 Å². The Kier molecular flexibility index (Phi) is 9.16. The second-order valence-electron chi connectivity index (χ2n) is 12.2. The van der Waals surface area contributed by atoms with Crippen LogP contribution < -0.4 is 5.73 Å². The van der Waals surface area contributed by atoms with Crippen molar-refractivity contribution in [2.24, 2.45) is 11.7 Å². The van der Waals surface area contributed by atoms with Crippen LogP contribution in [0.15, 0.2) is 72.8 Å². The highest BCUT2D eigenvalue weighted by Gasteiger charge is 2.40. The van der Waals surface area contributed by atoms with Gasteiger partial charge in [0.1, 0.15) is 0 Å². The fourth-order valence-corrected chi connectivity index (χ4v) is 6.91. The largest absolute Gasteiger partial charge is 0.392 e. The number of nitrogens with zero attached hydrogens (tertiary/aromatic N) is 2. The van der Waals surface area contributed by atoms with Gasteiger partial charge in [-0.05, 0) is 85.3 Å². The maximum Gasteiger partial charge on any atom is 0.184 e. The molecule has 0 bridgehead atoms. The highest BCUT2D eigenvalue weighted by Crippen LogP contribution is 2.43. The minimum Gasteiger partial charge on any atom is -0.392 e. The Hall–Kier alpha value is -2.58. The van der Waals surface area contributed by atoms with Gasteiger partial charge < -0.3 is 25.2 Å². The van der Waals surface area contributed by atoms with E-state index < -0.39 is 6.29 Å². The van der Waals surface area contributed by atoms with Gasteiger partial charge in [-0.25, -0.2) is 0 Å². The van der Waals surface area contributed by atoms with Gasteiger partial charge in [-0.15, -0.1) is 0 Å². The second-order valence-corrected chi connectivity index (χ2v) is 12.2. The fourth-order valence-electron chi connectivity index (χ4n) is 6.91. The molecule has 0 unspecified atom stereocenters. The quantitative estimate of drug-likeness (QED) is 0.355. The first-order chi connectivity index (χ1) is 20.1. The molecule has 0 aliphatic carbocycles. The average molecular weight is 556 g/mol. The van der Waals surface area contributed by atoms with Gasteiger partial charge in [0.25, 0.3) is 0 Å². The Balaban J connectivity index is 1.26. The normalized spacial score (nSPS) is 27.4. The Morgan fingerprint density at radius 1 is 0.805 bits per heavy atom. The highest BCUT2D eigenvalue weighted by atomic mass is 16.7. The summed E-state index contributed by atoms with van der Waals surface area (Å²) in [6, 6.07) is 25.8. The Morgan fingerprint density at radius 2 is 1.56 bits per heavy atom. The predicted octanol–water partition coefficient (Wildman–Crippen LogP) is 5.66. The van der Waals surface area contributed by atoms with E-state index in [1.807, 2.05) is 12.1 Å². The summed E-state index contributed by atoms with van der Waals surface area (Å²) in [5, 5.41) is 9.60. The Bertz CT molecular complexity index is 1280. The van der Waals surface area contributed by atoms with E-state index in [0.29, 0.717) is 12.6 Å². The average Bonchev–Trinajstić information content (AvgIpc) is 3.71. The third-order valence-electron chi connectivity index (χ3n) is 9.36. The molecule has 3 N–H and O–H groups in total. The first kappa shape index (κ1) is 28.5. The molecule has 3 aromatic carbocycles. The van der Waals surface area contributed by atoms with Crippen molar-refractivity contribution in [3.05, 3.63) is 95.1 Å². The summed E-state index contributed by atoms with van der Waals surface area (Å²) in [6.45, 7) is 8.56. The van der Waals surface area contributed by atoms with Gasteiger partial charge in [-0.2, -0.15) is 0 Å². The van der Waals surface area contributed by atoms with Crippen molar-refractivity contribution in [2.45, 2.75) is 70.3 Å². The Labute approximate surface area is 245 Å². The molecule has 3 aromatic rings. The lowest BCUT2D eigenvalue weighted by molar-refractivity contribution is -0.276. The van der Waals surface area contributed by atoms with Gasteiger partial charge in [-0.3, -0.25) is 4.90 Å². The number of aliphatic hydroxyl groups excluding tert-OH is 1. The molecule has 0 saturated carbocycles. The van der Waals surface area contributed by atoms with Gasteiger partial charge in [-0.1, -0.05) is 67.6 Å². The number of rotatable bonds is 9. The molecule has 3 aliphatic heterocycles. The van der Waals surface area contributed by atoms with Crippen molar-refractivity contribution in [3.8, 4) is 11.1 Å². The minimum atomic E-state index is -0.462. The molecule has 6 rings (SSSR count). The molecule has 41 heavy (non-hydrogen) atoms. The highest BCUT2D eigenvalue weighted by molar-refractivity contribution is 5.65. The van der Waals surface area contributed by atoms with Crippen molar-refractivity contribution in [1.29, 1.82) is 0 Å². The number of nitrogens with two attached hydrogens (primary N) is 1. The lowest BCUT2D eigenvalue weighted by Crippen LogP contribution is -2.48. The van der Waals surface area contributed by atoms with Crippen molar-refractivity contribution in [1.82, 2.24) is 9.80 Å². The number of hydrogen-bond acceptors (Lipinski definition) is 6. The van der Waals surface area contributed by atoms with Crippen molar-refractivity contribution >= 4 is 0 Å². The van der Waals surface area contributed by atoms with Crippen LogP contribution in [0.5, 0.6) is 0 Å². The summed E-state index contributed by atoms with van der Waals surface area (Å²) in [6.07, 6.45) is 4.68. The fraction of sp³-hybridized carbons (Fsp3) is 0.486. The zero-order chi connectivity index (χ0) is 28.2. The third kappa shape index (κ3) is 6.59. The van der Waals surface area contributed by atoms with E-state index in [1.165, 1.54) is 45.3 Å². The van der Waals surface area contributed by atoms with Gasteiger partial charge in [0.05, 0.1) is 18.8 Å². The van der Waals surface area contributed by atoms with Crippen LogP contribution in [0.4, 0.5) is 0 Å². The van der Waals surface area contributed by atoms with Crippen molar-refractivity contribution < 1.29 is 14.6 Å². The topological polar surface area (TPSA) is 71.2 Å². The second kappa shape index (κ2) is 13.2. The van der Waals surface area contributed by atoms with E-state index in [9.17, 15) is 5.11 Å². The molecule has 0 radical (unpaired) electrons. The van der Waals surface area contributed by atoms with Gasteiger partial charge in [0.2, 0.25) is 0 Å². The summed E-state index contributed by atoms with van der Waals surface area (Å²) in [4.78, 5) is 5.33. The van der Waals surface area contributed by atoms with Crippen molar-refractivity contribution in [3.63, 3.8) is 0 Å². The minimum absolute atomic E-state index is 0.0414. The van der Waals surface area contributed by atoms with Crippen LogP contribution >= 0.6 is 0 Å². The van der Waals surface area contributed by atoms with Crippen LogP contribution in [0.25, 0.3) is 11.1 Å². The zero-order valence-electron chi connectivity index (χ0n) is 24.3. The smallest absolute Gasteiger partial charge is 0.184 e. The zero-order valence-corrected chi connectivity index (χ0v) is 24.3. The first-order valence-corrected chi connectivity index (χ1v) is 15.5. The summed E-state index contributed by atoms with van der Waals surface area (Å²) in [5.74, 6) is 0.184. The molecular formula is C35H45N3O3.